The van der Waals surface area contributed by atoms with Crippen molar-refractivity contribution in [3.05, 3.63) is 59.1 Å². The second-order valence-corrected chi connectivity index (χ2v) is 5.41. The molecule has 1 amide bonds. The van der Waals surface area contributed by atoms with Crippen LogP contribution in [0, 0.1) is 0 Å². The summed E-state index contributed by atoms with van der Waals surface area (Å²) >= 11 is 6.05. The number of ether oxygens (including phenoxy) is 1. The third-order valence-corrected chi connectivity index (χ3v) is 3.65. The summed E-state index contributed by atoms with van der Waals surface area (Å²) in [5.74, 6) is 0.832. The average molecular weight is 333 g/mol. The zero-order valence-electron chi connectivity index (χ0n) is 13.1. The predicted octanol–water partition coefficient (Wildman–Crippen LogP) is 3.86. The number of carbonyl (C=O) groups is 1. The lowest BCUT2D eigenvalue weighted by atomic mass is 10.2. The van der Waals surface area contributed by atoms with Crippen molar-refractivity contribution < 1.29 is 9.53 Å². The van der Waals surface area contributed by atoms with E-state index in [0.29, 0.717) is 31.1 Å². The molecule has 0 spiro atoms. The molecule has 0 aliphatic carbocycles. The highest BCUT2D eigenvalue weighted by Crippen LogP contribution is 2.16. The molecule has 0 bridgehead atoms. The molecule has 2 N–H and O–H groups in total. The quantitative estimate of drug-likeness (QED) is 0.771. The van der Waals surface area contributed by atoms with E-state index < -0.39 is 0 Å². The molecule has 2 rings (SSSR count). The van der Waals surface area contributed by atoms with E-state index in [9.17, 15) is 4.79 Å². The smallest absolute Gasteiger partial charge is 0.222 e. The van der Waals surface area contributed by atoms with Crippen molar-refractivity contribution in [3.63, 3.8) is 0 Å². The Morgan fingerprint density at radius 2 is 1.87 bits per heavy atom. The Morgan fingerprint density at radius 3 is 2.57 bits per heavy atom. The fraction of sp³-hybridized carbons (Fsp3) is 0.278. The molecule has 2 aromatic carbocycles. The van der Waals surface area contributed by atoms with Gasteiger partial charge in [-0.3, -0.25) is 4.79 Å². The third-order valence-electron chi connectivity index (χ3n) is 3.28. The summed E-state index contributed by atoms with van der Waals surface area (Å²) < 4.78 is 5.38. The number of amides is 1. The maximum absolute atomic E-state index is 11.8. The van der Waals surface area contributed by atoms with E-state index in [2.05, 4.69) is 10.6 Å². The number of carbonyl (C=O) groups excluding carboxylic acids is 1. The summed E-state index contributed by atoms with van der Waals surface area (Å²) in [6.45, 7) is 3.62. The molecule has 4 nitrogen and oxygen atoms in total. The maximum atomic E-state index is 11.8. The number of nitrogens with one attached hydrogen (secondary N) is 2. The zero-order valence-corrected chi connectivity index (χ0v) is 13.9. The van der Waals surface area contributed by atoms with E-state index in [1.165, 1.54) is 0 Å². The van der Waals surface area contributed by atoms with Crippen LogP contribution in [0.5, 0.6) is 5.75 Å². The second kappa shape index (κ2) is 9.06. The third kappa shape index (κ3) is 5.83. The van der Waals surface area contributed by atoms with E-state index in [1.54, 1.807) is 0 Å². The average Bonchev–Trinajstić information content (AvgIpc) is 2.56. The van der Waals surface area contributed by atoms with Gasteiger partial charge in [0.05, 0.1) is 6.61 Å². The molecule has 0 atom stereocenters. The van der Waals surface area contributed by atoms with Gasteiger partial charge in [0.1, 0.15) is 5.75 Å². The van der Waals surface area contributed by atoms with Gasteiger partial charge in [0.15, 0.2) is 0 Å². The van der Waals surface area contributed by atoms with Gasteiger partial charge in [-0.1, -0.05) is 29.8 Å². The van der Waals surface area contributed by atoms with Crippen molar-refractivity contribution in [3.8, 4) is 5.75 Å². The maximum Gasteiger partial charge on any atom is 0.222 e. The number of benzene rings is 2. The highest BCUT2D eigenvalue weighted by atomic mass is 35.5. The highest BCUT2D eigenvalue weighted by molar-refractivity contribution is 6.31. The van der Waals surface area contributed by atoms with Crippen LogP contribution < -0.4 is 15.4 Å². The largest absolute Gasteiger partial charge is 0.494 e. The molecular weight excluding hydrogens is 312 g/mol. The Bertz CT molecular complexity index is 629. The van der Waals surface area contributed by atoms with Crippen molar-refractivity contribution in [1.29, 1.82) is 0 Å². The predicted molar refractivity (Wildman–Crippen MR) is 94.0 cm³/mol. The highest BCUT2D eigenvalue weighted by Gasteiger charge is 2.03. The molecule has 0 saturated heterocycles. The fourth-order valence-electron chi connectivity index (χ4n) is 2.08. The molecule has 23 heavy (non-hydrogen) atoms. The zero-order chi connectivity index (χ0) is 16.5. The molecule has 0 aliphatic heterocycles. The van der Waals surface area contributed by atoms with E-state index in [4.69, 9.17) is 16.3 Å². The molecule has 0 heterocycles. The van der Waals surface area contributed by atoms with Crippen molar-refractivity contribution in [2.45, 2.75) is 19.9 Å². The standard InChI is InChI=1S/C18H21ClN2O2/c1-2-23-16-9-7-15(8-10-16)20-12-11-18(22)21-13-14-5-3-4-6-17(14)19/h3-10,20H,2,11-13H2,1H3,(H,21,22). The monoisotopic (exact) mass is 332 g/mol. The van der Waals surface area contributed by atoms with Gasteiger partial charge in [-0.15, -0.1) is 0 Å². The number of hydrogen-bond acceptors (Lipinski definition) is 3. The van der Waals surface area contributed by atoms with Gasteiger partial charge in [0, 0.05) is 30.2 Å². The first-order valence-electron chi connectivity index (χ1n) is 7.66. The van der Waals surface area contributed by atoms with Crippen molar-refractivity contribution in [2.24, 2.45) is 0 Å². The lowest BCUT2D eigenvalue weighted by molar-refractivity contribution is -0.121. The minimum absolute atomic E-state index is 0.0108. The minimum atomic E-state index is -0.0108. The van der Waals surface area contributed by atoms with Crippen LogP contribution >= 0.6 is 11.6 Å². The molecular formula is C18H21ClN2O2. The van der Waals surface area contributed by atoms with Crippen molar-refractivity contribution in [2.75, 3.05) is 18.5 Å². The second-order valence-electron chi connectivity index (χ2n) is 5.00. The molecule has 122 valence electrons. The molecule has 0 unspecified atom stereocenters. The summed E-state index contributed by atoms with van der Waals surface area (Å²) in [6, 6.07) is 15.2. The van der Waals surface area contributed by atoms with Gasteiger partial charge in [-0.05, 0) is 42.8 Å². The van der Waals surface area contributed by atoms with Crippen LogP contribution in [0.1, 0.15) is 18.9 Å². The van der Waals surface area contributed by atoms with Crippen LogP contribution in [-0.4, -0.2) is 19.1 Å². The Hall–Kier alpha value is -2.20. The molecule has 0 saturated carbocycles. The van der Waals surface area contributed by atoms with Crippen LogP contribution in [0.15, 0.2) is 48.5 Å². The van der Waals surface area contributed by atoms with Gasteiger partial charge in [-0.25, -0.2) is 0 Å². The Balaban J connectivity index is 1.69. The van der Waals surface area contributed by atoms with Crippen molar-refractivity contribution >= 4 is 23.2 Å². The minimum Gasteiger partial charge on any atom is -0.494 e. The molecule has 0 fully saturated rings. The molecule has 0 radical (unpaired) electrons. The Kier molecular flexibility index (Phi) is 6.76. The van der Waals surface area contributed by atoms with Crippen LogP contribution in [0.3, 0.4) is 0 Å². The molecule has 0 aromatic heterocycles. The first-order chi connectivity index (χ1) is 11.2. The Morgan fingerprint density at radius 1 is 1.13 bits per heavy atom. The number of anilines is 1. The Labute approximate surface area is 141 Å². The number of hydrogen-bond donors (Lipinski definition) is 2. The van der Waals surface area contributed by atoms with E-state index in [1.807, 2.05) is 55.5 Å². The van der Waals surface area contributed by atoms with Crippen LogP contribution in [-0.2, 0) is 11.3 Å². The van der Waals surface area contributed by atoms with Crippen LogP contribution in [0.2, 0.25) is 5.02 Å². The van der Waals surface area contributed by atoms with Gasteiger partial charge in [-0.2, -0.15) is 0 Å². The summed E-state index contributed by atoms with van der Waals surface area (Å²) in [7, 11) is 0. The summed E-state index contributed by atoms with van der Waals surface area (Å²) in [4.78, 5) is 11.8. The first kappa shape index (κ1) is 17.2. The fourth-order valence-corrected chi connectivity index (χ4v) is 2.28. The normalized spacial score (nSPS) is 10.2. The summed E-state index contributed by atoms with van der Waals surface area (Å²) in [6.07, 6.45) is 0.400. The van der Waals surface area contributed by atoms with Gasteiger partial charge < -0.3 is 15.4 Å². The summed E-state index contributed by atoms with van der Waals surface area (Å²) in [5.41, 5.74) is 1.88. The van der Waals surface area contributed by atoms with Crippen molar-refractivity contribution in [1.82, 2.24) is 5.32 Å². The van der Waals surface area contributed by atoms with Gasteiger partial charge in [0.2, 0.25) is 5.91 Å². The lowest BCUT2D eigenvalue weighted by Gasteiger charge is -2.09. The molecule has 2 aromatic rings. The van der Waals surface area contributed by atoms with E-state index in [0.717, 1.165) is 17.0 Å². The van der Waals surface area contributed by atoms with E-state index >= 15 is 0 Å². The summed E-state index contributed by atoms with van der Waals surface area (Å²) in [5, 5.41) is 6.75. The number of halogens is 1. The van der Waals surface area contributed by atoms with Crippen LogP contribution in [0.4, 0.5) is 5.69 Å². The van der Waals surface area contributed by atoms with Crippen LogP contribution in [0.25, 0.3) is 0 Å². The molecule has 0 aliphatic rings. The first-order valence-corrected chi connectivity index (χ1v) is 8.03. The lowest BCUT2D eigenvalue weighted by Crippen LogP contribution is -2.25. The van der Waals surface area contributed by atoms with Gasteiger partial charge >= 0.3 is 0 Å². The van der Waals surface area contributed by atoms with Gasteiger partial charge in [0.25, 0.3) is 0 Å². The SMILES string of the molecule is CCOc1ccc(NCCC(=O)NCc2ccccc2Cl)cc1. The number of rotatable bonds is 8. The topological polar surface area (TPSA) is 50.4 Å². The van der Waals surface area contributed by atoms with E-state index in [-0.39, 0.29) is 5.91 Å². The molecule has 5 heteroatoms.